The van der Waals surface area contributed by atoms with E-state index in [0.29, 0.717) is 29.4 Å². The van der Waals surface area contributed by atoms with Gasteiger partial charge in [0.2, 0.25) is 5.91 Å². The molecule has 0 fully saturated rings. The van der Waals surface area contributed by atoms with Crippen LogP contribution in [0.1, 0.15) is 55.5 Å². The van der Waals surface area contributed by atoms with Crippen molar-refractivity contribution in [2.45, 2.75) is 58.7 Å². The monoisotopic (exact) mass is 622 g/mol. The van der Waals surface area contributed by atoms with Gasteiger partial charge in [-0.25, -0.2) is 4.79 Å². The first-order valence-corrected chi connectivity index (χ1v) is 15.2. The van der Waals surface area contributed by atoms with Gasteiger partial charge < -0.3 is 30.7 Å². The lowest BCUT2D eigenvalue weighted by molar-refractivity contribution is -0.155. The molecule has 9 nitrogen and oxygen atoms in total. The summed E-state index contributed by atoms with van der Waals surface area (Å²) in [5.41, 5.74) is 4.92. The second kappa shape index (κ2) is 15.7. The van der Waals surface area contributed by atoms with Crippen molar-refractivity contribution in [2.24, 2.45) is 0 Å². The molecule has 0 aliphatic carbocycles. The smallest absolute Gasteiger partial charge is 0.323 e. The van der Waals surface area contributed by atoms with E-state index in [1.54, 1.807) is 18.2 Å². The Labute approximate surface area is 270 Å². The average Bonchev–Trinajstić information content (AvgIpc) is 3.01. The second-order valence-corrected chi connectivity index (χ2v) is 12.0. The zero-order valence-corrected chi connectivity index (χ0v) is 27.0. The summed E-state index contributed by atoms with van der Waals surface area (Å²) in [5, 5.41) is 12.0. The van der Waals surface area contributed by atoms with Crippen LogP contribution in [-0.2, 0) is 27.3 Å². The van der Waals surface area contributed by atoms with Crippen LogP contribution in [-0.4, -0.2) is 30.6 Å². The van der Waals surface area contributed by atoms with E-state index in [2.05, 4.69) is 21.3 Å². The lowest BCUT2D eigenvalue weighted by Crippen LogP contribution is -2.29. The molecule has 0 saturated carbocycles. The van der Waals surface area contributed by atoms with Gasteiger partial charge in [0.15, 0.2) is 0 Å². The normalized spacial score (nSPS) is 11.7. The highest BCUT2D eigenvalue weighted by molar-refractivity contribution is 6.01. The van der Waals surface area contributed by atoms with Gasteiger partial charge >= 0.3 is 12.0 Å². The van der Waals surface area contributed by atoms with Gasteiger partial charge in [-0.05, 0) is 80.3 Å². The van der Waals surface area contributed by atoms with E-state index >= 15 is 0 Å². The van der Waals surface area contributed by atoms with Crippen LogP contribution < -0.4 is 26.0 Å². The van der Waals surface area contributed by atoms with Crippen LogP contribution in [0.5, 0.6) is 5.75 Å². The predicted octanol–water partition coefficient (Wildman–Crippen LogP) is 7.39. The van der Waals surface area contributed by atoms with Crippen LogP contribution in [0.3, 0.4) is 0 Å². The topological polar surface area (TPSA) is 118 Å². The molecule has 0 bridgehead atoms. The van der Waals surface area contributed by atoms with Gasteiger partial charge in [0, 0.05) is 24.0 Å². The minimum Gasteiger partial charge on any atom is -0.495 e. The van der Waals surface area contributed by atoms with Crippen molar-refractivity contribution in [1.29, 1.82) is 0 Å². The summed E-state index contributed by atoms with van der Waals surface area (Å²) >= 11 is 0. The minimum absolute atomic E-state index is 0.105. The van der Waals surface area contributed by atoms with Crippen molar-refractivity contribution >= 4 is 35.0 Å². The number of anilines is 3. The zero-order valence-electron chi connectivity index (χ0n) is 27.0. The van der Waals surface area contributed by atoms with E-state index in [4.69, 9.17) is 9.47 Å². The van der Waals surface area contributed by atoms with Crippen molar-refractivity contribution < 1.29 is 23.9 Å². The van der Waals surface area contributed by atoms with Gasteiger partial charge in [-0.3, -0.25) is 9.59 Å². The van der Waals surface area contributed by atoms with Crippen LogP contribution in [0.2, 0.25) is 0 Å². The van der Waals surface area contributed by atoms with Crippen molar-refractivity contribution in [2.75, 3.05) is 23.1 Å². The van der Waals surface area contributed by atoms with Gasteiger partial charge in [-0.15, -0.1) is 0 Å². The molecule has 1 unspecified atom stereocenters. The maximum absolute atomic E-state index is 12.9. The largest absolute Gasteiger partial charge is 0.495 e. The van der Waals surface area contributed by atoms with Crippen molar-refractivity contribution in [3.05, 3.63) is 119 Å². The van der Waals surface area contributed by atoms with Crippen molar-refractivity contribution in [1.82, 2.24) is 5.32 Å². The Hall–Kier alpha value is -5.15. The van der Waals surface area contributed by atoms with Crippen LogP contribution in [0.4, 0.5) is 21.9 Å². The van der Waals surface area contributed by atoms with E-state index in [0.717, 1.165) is 22.3 Å². The average molecular weight is 623 g/mol. The maximum atomic E-state index is 12.9. The number of hydrogen-bond acceptors (Lipinski definition) is 6. The van der Waals surface area contributed by atoms with Crippen LogP contribution in [0.25, 0.3) is 0 Å². The highest BCUT2D eigenvalue weighted by Gasteiger charge is 2.22. The fraction of sp³-hybridized carbons (Fsp3) is 0.270. The molecule has 3 amide bonds. The van der Waals surface area contributed by atoms with Crippen LogP contribution >= 0.6 is 0 Å². The summed E-state index contributed by atoms with van der Waals surface area (Å²) in [6, 6.07) is 29.4. The SMILES string of the molecule is COc1cc(CC(=O)Nc2ccc(C(CC(=O)OC(C)(C)C)NCc3ccccc3)cc2)ccc1NC(=O)Nc1ccccc1C. The fourth-order valence-corrected chi connectivity index (χ4v) is 4.82. The molecule has 4 aromatic rings. The molecule has 0 radical (unpaired) electrons. The molecule has 1 atom stereocenters. The Morgan fingerprint density at radius 1 is 0.761 bits per heavy atom. The third-order valence-electron chi connectivity index (χ3n) is 7.06. The van der Waals surface area contributed by atoms with Gasteiger partial charge in [0.25, 0.3) is 0 Å². The first-order valence-electron chi connectivity index (χ1n) is 15.2. The van der Waals surface area contributed by atoms with Gasteiger partial charge in [-0.1, -0.05) is 66.7 Å². The Kier molecular flexibility index (Phi) is 11.5. The van der Waals surface area contributed by atoms with Crippen LogP contribution in [0.15, 0.2) is 97.1 Å². The Bertz CT molecular complexity index is 1630. The number of carbonyl (C=O) groups is 3. The number of carbonyl (C=O) groups excluding carboxylic acids is 3. The first kappa shape index (κ1) is 33.7. The van der Waals surface area contributed by atoms with Crippen molar-refractivity contribution in [3.63, 3.8) is 0 Å². The predicted molar refractivity (Wildman–Crippen MR) is 182 cm³/mol. The standard InChI is InChI=1S/C37H42N4O5/c1-25-11-9-10-14-30(25)40-36(44)41-31-20-15-27(21-33(31)45-5)22-34(42)39-29-18-16-28(17-19-29)32(23-35(43)46-37(2,3)4)38-24-26-12-7-6-8-13-26/h6-21,32,38H,22-24H2,1-5H3,(H,39,42)(H2,40,41,44). The van der Waals surface area contributed by atoms with Gasteiger partial charge in [0.05, 0.1) is 25.6 Å². The van der Waals surface area contributed by atoms with E-state index in [1.165, 1.54) is 7.11 Å². The summed E-state index contributed by atoms with van der Waals surface area (Å²) in [5.74, 6) is -0.0621. The third-order valence-corrected chi connectivity index (χ3v) is 7.06. The molecule has 0 aliphatic heterocycles. The highest BCUT2D eigenvalue weighted by Crippen LogP contribution is 2.27. The van der Waals surface area contributed by atoms with Crippen molar-refractivity contribution in [3.8, 4) is 5.75 Å². The Morgan fingerprint density at radius 3 is 2.11 bits per heavy atom. The first-order chi connectivity index (χ1) is 22.0. The summed E-state index contributed by atoms with van der Waals surface area (Å²) in [6.45, 7) is 8.05. The molecule has 0 spiro atoms. The van der Waals surface area contributed by atoms with E-state index < -0.39 is 11.6 Å². The zero-order chi connectivity index (χ0) is 33.1. The molecule has 4 N–H and O–H groups in total. The highest BCUT2D eigenvalue weighted by atomic mass is 16.6. The molecule has 0 aliphatic rings. The van der Waals surface area contributed by atoms with Crippen LogP contribution in [0, 0.1) is 6.92 Å². The van der Waals surface area contributed by atoms with E-state index in [1.807, 2.05) is 107 Å². The lowest BCUT2D eigenvalue weighted by Gasteiger charge is -2.23. The maximum Gasteiger partial charge on any atom is 0.323 e. The minimum atomic E-state index is -0.577. The summed E-state index contributed by atoms with van der Waals surface area (Å²) in [4.78, 5) is 38.2. The second-order valence-electron chi connectivity index (χ2n) is 12.0. The summed E-state index contributed by atoms with van der Waals surface area (Å²) in [6.07, 6.45) is 0.268. The Balaban J connectivity index is 1.37. The number of benzene rings is 4. The molecule has 240 valence electrons. The molecule has 4 rings (SSSR count). The third kappa shape index (κ3) is 10.5. The van der Waals surface area contributed by atoms with E-state index in [-0.39, 0.29) is 30.8 Å². The number of urea groups is 1. The lowest BCUT2D eigenvalue weighted by atomic mass is 10.0. The number of hydrogen-bond donors (Lipinski definition) is 4. The molecular formula is C37H42N4O5. The number of amides is 3. The number of nitrogens with one attached hydrogen (secondary N) is 4. The molecule has 46 heavy (non-hydrogen) atoms. The number of rotatable bonds is 12. The molecule has 0 aromatic heterocycles. The Morgan fingerprint density at radius 2 is 1.43 bits per heavy atom. The number of methoxy groups -OCH3 is 1. The summed E-state index contributed by atoms with van der Waals surface area (Å²) in [7, 11) is 1.51. The number of ether oxygens (including phenoxy) is 2. The molecule has 0 saturated heterocycles. The number of aryl methyl sites for hydroxylation is 1. The fourth-order valence-electron chi connectivity index (χ4n) is 4.82. The molecule has 4 aromatic carbocycles. The van der Waals surface area contributed by atoms with Gasteiger partial charge in [-0.2, -0.15) is 0 Å². The van der Waals surface area contributed by atoms with E-state index in [9.17, 15) is 14.4 Å². The molecular weight excluding hydrogens is 580 g/mol. The quantitative estimate of drug-likeness (QED) is 0.122. The molecule has 0 heterocycles. The number of esters is 1. The van der Waals surface area contributed by atoms with Gasteiger partial charge in [0.1, 0.15) is 11.4 Å². The number of para-hydroxylation sites is 1. The summed E-state index contributed by atoms with van der Waals surface area (Å²) < 4.78 is 11.1. The molecule has 9 heteroatoms.